The third kappa shape index (κ3) is 51.8. The molecule has 0 amide bonds. The molecule has 0 bridgehead atoms. The number of hydrogen-bond acceptors (Lipinski definition) is 12. The van der Waals surface area contributed by atoms with Crippen molar-refractivity contribution in [1.29, 1.82) is 0 Å². The molecule has 4 N–H and O–H groups in total. The molecule has 0 unspecified atom stereocenters. The summed E-state index contributed by atoms with van der Waals surface area (Å²) in [5.74, 6) is -5.12. The Labute approximate surface area is 391 Å². The summed E-state index contributed by atoms with van der Waals surface area (Å²) < 4.78 is 0. The van der Waals surface area contributed by atoms with Gasteiger partial charge in [0.25, 0.3) is 0 Å². The number of carboxylic acid groups (broad SMARTS) is 4. The van der Waals surface area contributed by atoms with Gasteiger partial charge in [-0.3, -0.25) is 10.9 Å². The molecular formula is C34H64N4Na4O8. The van der Waals surface area contributed by atoms with E-state index in [0.717, 1.165) is 25.7 Å². The predicted molar refractivity (Wildman–Crippen MR) is 172 cm³/mol. The van der Waals surface area contributed by atoms with Gasteiger partial charge in [0.05, 0.1) is 24.0 Å². The maximum Gasteiger partial charge on any atom is 1.00 e. The van der Waals surface area contributed by atoms with Gasteiger partial charge in [-0.2, -0.15) is 0 Å². The van der Waals surface area contributed by atoms with Crippen LogP contribution in [-0.4, -0.2) is 49.1 Å². The van der Waals surface area contributed by atoms with Gasteiger partial charge in [0.15, 0.2) is 0 Å². The second kappa shape index (κ2) is 50.7. The van der Waals surface area contributed by atoms with E-state index in [9.17, 15) is 39.6 Å². The van der Waals surface area contributed by atoms with E-state index in [1.807, 2.05) is 0 Å². The molecule has 0 aromatic carbocycles. The van der Waals surface area contributed by atoms with Gasteiger partial charge in [0, 0.05) is 25.0 Å². The molecule has 0 aromatic heterocycles. The van der Waals surface area contributed by atoms with Crippen molar-refractivity contribution in [3.05, 3.63) is 0 Å². The van der Waals surface area contributed by atoms with Gasteiger partial charge in [-0.05, 0) is 38.5 Å². The van der Waals surface area contributed by atoms with Crippen LogP contribution in [0.15, 0.2) is 0 Å². The summed E-state index contributed by atoms with van der Waals surface area (Å²) in [5.41, 5.74) is 10.9. The van der Waals surface area contributed by atoms with E-state index in [2.05, 4.69) is 35.6 Å². The molecule has 0 aliphatic rings. The minimum Gasteiger partial charge on any atom is -0.550 e. The van der Waals surface area contributed by atoms with E-state index < -0.39 is 36.0 Å². The Morgan fingerprint density at radius 2 is 0.660 bits per heavy atom. The summed E-state index contributed by atoms with van der Waals surface area (Å²) >= 11 is 0. The topological polar surface area (TPSA) is 209 Å². The molecule has 0 radical (unpaired) electrons. The van der Waals surface area contributed by atoms with E-state index >= 15 is 0 Å². The Bertz CT molecular complexity index is 702. The Morgan fingerprint density at radius 3 is 0.880 bits per heavy atom. The maximum atomic E-state index is 10.8. The summed E-state index contributed by atoms with van der Waals surface area (Å²) in [7, 11) is 0. The summed E-state index contributed by atoms with van der Waals surface area (Å²) in [6, 6.07) is -2.01. The van der Waals surface area contributed by atoms with E-state index in [1.54, 1.807) is 0 Å². The third-order valence-electron chi connectivity index (χ3n) is 7.71. The van der Waals surface area contributed by atoms with Crippen LogP contribution in [0.25, 0.3) is 0 Å². The molecule has 50 heavy (non-hydrogen) atoms. The molecule has 0 aliphatic carbocycles. The van der Waals surface area contributed by atoms with Crippen LogP contribution >= 0.6 is 0 Å². The van der Waals surface area contributed by atoms with Crippen LogP contribution in [0.5, 0.6) is 0 Å². The Balaban J connectivity index is -0.000000179. The van der Waals surface area contributed by atoms with E-state index in [-0.39, 0.29) is 144 Å². The molecule has 0 heterocycles. The van der Waals surface area contributed by atoms with Crippen molar-refractivity contribution >= 4 is 23.9 Å². The van der Waals surface area contributed by atoms with E-state index in [1.165, 1.54) is 103 Å². The van der Waals surface area contributed by atoms with Crippen molar-refractivity contribution in [2.75, 3.05) is 13.1 Å². The first-order valence-corrected chi connectivity index (χ1v) is 17.9. The van der Waals surface area contributed by atoms with Gasteiger partial charge in [-0.1, -0.05) is 129 Å². The second-order valence-corrected chi connectivity index (χ2v) is 12.1. The van der Waals surface area contributed by atoms with Crippen molar-refractivity contribution in [3.63, 3.8) is 0 Å². The average molecular weight is 749 g/mol. The number of carbonyl (C=O) groups is 4. The van der Waals surface area contributed by atoms with Crippen LogP contribution in [0.4, 0.5) is 0 Å². The van der Waals surface area contributed by atoms with Crippen molar-refractivity contribution in [1.82, 2.24) is 21.7 Å². The van der Waals surface area contributed by atoms with E-state index in [0.29, 0.717) is 13.1 Å². The molecule has 0 fully saturated rings. The number of carboxylic acids is 4. The third-order valence-corrected chi connectivity index (χ3v) is 7.71. The summed E-state index contributed by atoms with van der Waals surface area (Å²) in [4.78, 5) is 42.3. The van der Waals surface area contributed by atoms with Crippen LogP contribution < -0.4 is 160 Å². The van der Waals surface area contributed by atoms with Crippen molar-refractivity contribution in [2.45, 2.75) is 180 Å². The molecule has 2 atom stereocenters. The summed E-state index contributed by atoms with van der Waals surface area (Å²) in [6.45, 7) is 5.76. The number of unbranched alkanes of at least 4 members (excludes halogenated alkanes) is 18. The fourth-order valence-electron chi connectivity index (χ4n) is 4.81. The zero-order valence-corrected chi connectivity index (χ0v) is 40.8. The van der Waals surface area contributed by atoms with Crippen LogP contribution in [0.3, 0.4) is 0 Å². The SMILES string of the molecule is CCCCCCCCCCCCNN[C@@H](CCC(=O)[O-])C(=O)[O-].CCCCCCCCCCCCNN[C@@H](CCC(=O)[O-])C(=O)[O-].[Na+].[Na+].[Na+].[Na+]. The van der Waals surface area contributed by atoms with Gasteiger partial charge in [-0.15, -0.1) is 0 Å². The fourth-order valence-corrected chi connectivity index (χ4v) is 4.81. The zero-order valence-electron chi connectivity index (χ0n) is 32.8. The first-order chi connectivity index (χ1) is 22.1. The van der Waals surface area contributed by atoms with Gasteiger partial charge in [-0.25, -0.2) is 10.9 Å². The molecule has 0 saturated carbocycles. The number of hydrazine groups is 2. The molecule has 0 aliphatic heterocycles. The predicted octanol–water partition coefficient (Wildman–Crippen LogP) is -10.7. The van der Waals surface area contributed by atoms with Gasteiger partial charge >= 0.3 is 118 Å². The van der Waals surface area contributed by atoms with Gasteiger partial charge < -0.3 is 39.6 Å². The monoisotopic (exact) mass is 748 g/mol. The summed E-state index contributed by atoms with van der Waals surface area (Å²) in [6.07, 6.45) is 24.2. The second-order valence-electron chi connectivity index (χ2n) is 12.1. The number of hydrogen-bond donors (Lipinski definition) is 4. The average Bonchev–Trinajstić information content (AvgIpc) is 3.00. The minimum atomic E-state index is -1.30. The number of rotatable bonds is 34. The first kappa shape index (κ1) is 63.7. The molecule has 12 nitrogen and oxygen atoms in total. The Morgan fingerprint density at radius 1 is 0.420 bits per heavy atom. The van der Waals surface area contributed by atoms with Crippen molar-refractivity contribution in [2.24, 2.45) is 0 Å². The van der Waals surface area contributed by atoms with Crippen LogP contribution in [-0.2, 0) is 19.2 Å². The largest absolute Gasteiger partial charge is 1.00 e. The minimum absolute atomic E-state index is 0. The van der Waals surface area contributed by atoms with Crippen LogP contribution in [0.2, 0.25) is 0 Å². The smallest absolute Gasteiger partial charge is 0.550 e. The maximum absolute atomic E-state index is 10.8. The van der Waals surface area contributed by atoms with Crippen LogP contribution in [0, 0.1) is 0 Å². The van der Waals surface area contributed by atoms with Crippen molar-refractivity contribution in [3.8, 4) is 0 Å². The molecule has 0 saturated heterocycles. The first-order valence-electron chi connectivity index (χ1n) is 17.9. The Kier molecular flexibility index (Phi) is 64.6. The molecular weight excluding hydrogens is 684 g/mol. The number of nitrogens with one attached hydrogen (secondary N) is 4. The number of carbonyl (C=O) groups excluding carboxylic acids is 4. The quantitative estimate of drug-likeness (QED) is 0.0275. The zero-order chi connectivity index (χ0) is 34.7. The van der Waals surface area contributed by atoms with Crippen molar-refractivity contribution < 1.29 is 158 Å². The molecule has 0 spiro atoms. The van der Waals surface area contributed by atoms with Gasteiger partial charge in [0.1, 0.15) is 0 Å². The summed E-state index contributed by atoms with van der Waals surface area (Å²) in [5, 5.41) is 42.3. The normalized spacial score (nSPS) is 11.2. The Hall–Kier alpha value is 1.72. The molecule has 0 aromatic rings. The van der Waals surface area contributed by atoms with E-state index in [4.69, 9.17) is 0 Å². The molecule has 16 heteroatoms. The fraction of sp³-hybridized carbons (Fsp3) is 0.882. The van der Waals surface area contributed by atoms with Crippen LogP contribution in [0.1, 0.15) is 168 Å². The molecule has 0 rings (SSSR count). The number of aliphatic carboxylic acids is 4. The van der Waals surface area contributed by atoms with Gasteiger partial charge in [0.2, 0.25) is 0 Å². The standard InChI is InChI=1S/2C17H34N2O4.4Na/c2*1-2-3-4-5-6-7-8-9-10-11-14-18-19-15(17(22)23)12-13-16(20)21;;;;/h2*15,18-19H,2-14H2,1H3,(H,20,21)(H,22,23);;;;/q;;4*+1/p-4/t2*15-;;;;/m00..../s1. The molecule has 272 valence electrons.